The number of thiazole rings is 1. The van der Waals surface area contributed by atoms with Crippen LogP contribution in [0.3, 0.4) is 0 Å². The lowest BCUT2D eigenvalue weighted by atomic mass is 9.90. The number of alkyl carbamates (subject to hydrolysis) is 1. The summed E-state index contributed by atoms with van der Waals surface area (Å²) in [7, 11) is 4.88. The number of nitrogens with zero attached hydrogens (tertiary/aromatic N) is 3. The van der Waals surface area contributed by atoms with E-state index in [9.17, 15) is 14.4 Å². The maximum Gasteiger partial charge on any atom is 0.407 e. The number of methoxy groups -OCH3 is 2. The highest BCUT2D eigenvalue weighted by atomic mass is 32.1. The number of hydrogen-bond acceptors (Lipinski definition) is 12. The fraction of sp³-hybridized carbons (Fsp3) is 0.528. The van der Waals surface area contributed by atoms with Crippen LogP contribution in [0.2, 0.25) is 0 Å². The summed E-state index contributed by atoms with van der Waals surface area (Å²) >= 11 is 1.33. The van der Waals surface area contributed by atoms with Crippen molar-refractivity contribution in [2.24, 2.45) is 0 Å². The van der Waals surface area contributed by atoms with E-state index in [2.05, 4.69) is 25.7 Å². The van der Waals surface area contributed by atoms with E-state index in [0.717, 1.165) is 18.4 Å². The van der Waals surface area contributed by atoms with Crippen LogP contribution in [0.25, 0.3) is 10.6 Å². The Hall–Kier alpha value is -4.66. The molecule has 0 spiro atoms. The first-order valence-corrected chi connectivity index (χ1v) is 17.6. The first kappa shape index (κ1) is 39.1. The molecule has 2 amide bonds. The van der Waals surface area contributed by atoms with Gasteiger partial charge >= 0.3 is 6.09 Å². The van der Waals surface area contributed by atoms with Crippen molar-refractivity contribution >= 4 is 40.8 Å². The van der Waals surface area contributed by atoms with E-state index in [1.165, 1.54) is 11.3 Å². The third-order valence-corrected chi connectivity index (χ3v) is 9.11. The zero-order chi connectivity index (χ0) is 37.5. The van der Waals surface area contributed by atoms with Gasteiger partial charge in [-0.1, -0.05) is 24.2 Å². The molecule has 1 aliphatic heterocycles. The molecule has 2 aromatic heterocycles. The molecule has 1 aromatic carbocycles. The molecule has 0 radical (unpaired) electrons. The second-order valence-electron chi connectivity index (χ2n) is 14.2. The van der Waals surface area contributed by atoms with Gasteiger partial charge in [0.15, 0.2) is 16.8 Å². The quantitative estimate of drug-likeness (QED) is 0.190. The lowest BCUT2D eigenvalue weighted by molar-refractivity contribution is -0.138. The van der Waals surface area contributed by atoms with Gasteiger partial charge in [-0.2, -0.15) is 0 Å². The second-order valence-corrected chi connectivity index (χ2v) is 15.2. The van der Waals surface area contributed by atoms with Crippen LogP contribution < -0.4 is 25.4 Å². The average Bonchev–Trinajstić information content (AvgIpc) is 3.67. The minimum Gasteiger partial charge on any atom is -0.497 e. The van der Waals surface area contributed by atoms with Crippen LogP contribution >= 0.6 is 11.3 Å². The van der Waals surface area contributed by atoms with Crippen LogP contribution in [0.5, 0.6) is 11.5 Å². The molecule has 1 saturated carbocycles. The first-order chi connectivity index (χ1) is 24.1. The zero-order valence-electron chi connectivity index (χ0n) is 30.8. The molecule has 5 rings (SSSR count). The summed E-state index contributed by atoms with van der Waals surface area (Å²) in [4.78, 5) is 47.4. The van der Waals surface area contributed by atoms with Gasteiger partial charge in [-0.15, -0.1) is 0 Å². The van der Waals surface area contributed by atoms with E-state index in [4.69, 9.17) is 19.2 Å². The number of ether oxygens (including phenoxy) is 4. The van der Waals surface area contributed by atoms with E-state index in [1.54, 1.807) is 44.5 Å². The molecular weight excluding hydrogens is 679 g/mol. The molecule has 13 nitrogen and oxygen atoms in total. The number of aromatic nitrogens is 2. The van der Waals surface area contributed by atoms with Crippen molar-refractivity contribution < 1.29 is 37.7 Å². The van der Waals surface area contributed by atoms with Crippen molar-refractivity contribution in [3.63, 3.8) is 0 Å². The van der Waals surface area contributed by atoms with Gasteiger partial charge < -0.3 is 39.8 Å². The van der Waals surface area contributed by atoms with Crippen molar-refractivity contribution in [3.8, 4) is 22.1 Å². The highest BCUT2D eigenvalue weighted by Crippen LogP contribution is 2.40. The number of hydrogen-bond donors (Lipinski definition) is 3. The van der Waals surface area contributed by atoms with Crippen LogP contribution in [0.15, 0.2) is 24.4 Å². The number of halogens is 1. The molecule has 51 heavy (non-hydrogen) atoms. The van der Waals surface area contributed by atoms with Gasteiger partial charge in [0.25, 0.3) is 12.4 Å². The van der Waals surface area contributed by atoms with Gasteiger partial charge in [0.05, 0.1) is 42.9 Å². The highest BCUT2D eigenvalue weighted by molar-refractivity contribution is 7.18. The Kier molecular flexibility index (Phi) is 12.7. The van der Waals surface area contributed by atoms with Crippen molar-refractivity contribution in [2.45, 2.75) is 104 Å². The number of benzene rings is 1. The predicted molar refractivity (Wildman–Crippen MR) is 194 cm³/mol. The zero-order valence-corrected chi connectivity index (χ0v) is 31.6. The Bertz CT molecular complexity index is 1700. The maximum atomic E-state index is 16.4. The van der Waals surface area contributed by atoms with Gasteiger partial charge in [0, 0.05) is 43.0 Å². The van der Waals surface area contributed by atoms with Gasteiger partial charge in [-0.3, -0.25) is 9.59 Å². The Morgan fingerprint density at radius 1 is 1.08 bits per heavy atom. The molecule has 2 unspecified atom stereocenters. The molecule has 1 aliphatic carbocycles. The first-order valence-electron chi connectivity index (χ1n) is 16.8. The highest BCUT2D eigenvalue weighted by Gasteiger charge is 2.38. The lowest BCUT2D eigenvalue weighted by Crippen LogP contribution is -2.50. The average molecular weight is 729 g/mol. The van der Waals surface area contributed by atoms with Crippen molar-refractivity contribution in [1.29, 1.82) is 0 Å². The summed E-state index contributed by atoms with van der Waals surface area (Å²) in [5.41, 5.74) is 0.655. The summed E-state index contributed by atoms with van der Waals surface area (Å²) in [6.45, 7) is 11.6. The van der Waals surface area contributed by atoms with E-state index in [1.807, 2.05) is 47.6 Å². The standard InChI is InChI=1S/C31H39FN6O5S.C5H10O2/c1-31(2,3)43-30(40)36-21-10-8-7-9-20(21)35-27-25(32)19-16-38(15-17-11-12-18(41-5)13-22(17)42-6)28(39)24(19)26(37-27)23-14-34-29(33-4)44-23;1-5(2,3)7-4-6/h11-14,20-21H,7-10,15-16H2,1-6H3,(H,33,34)(H,35,37)(H,36,40);4H,1-3H3. The molecule has 15 heteroatoms. The SMILES string of the molecule is CC(C)(C)OC=O.CNc1ncc(-c2nc(NC3CCCCC3NC(=O)OC(C)(C)C)c(F)c3c2C(=O)N(Cc2ccc(OC)cc2OC)C3)s1. The largest absolute Gasteiger partial charge is 0.497 e. The van der Waals surface area contributed by atoms with Crippen LogP contribution in [-0.2, 0) is 27.4 Å². The molecule has 3 heterocycles. The Morgan fingerprint density at radius 3 is 2.35 bits per heavy atom. The normalized spacial score (nSPS) is 17.1. The van der Waals surface area contributed by atoms with Crippen LogP contribution in [0.1, 0.15) is 88.7 Å². The monoisotopic (exact) mass is 728 g/mol. The van der Waals surface area contributed by atoms with Crippen LogP contribution in [0, 0.1) is 5.82 Å². The number of anilines is 2. The van der Waals surface area contributed by atoms with E-state index in [-0.39, 0.29) is 53.6 Å². The number of rotatable bonds is 10. The van der Waals surface area contributed by atoms with Gasteiger partial charge in [0.1, 0.15) is 22.7 Å². The molecule has 0 bridgehead atoms. The third kappa shape index (κ3) is 10.2. The molecule has 1 fully saturated rings. The fourth-order valence-electron chi connectivity index (χ4n) is 5.76. The Balaban J connectivity index is 0.000000755. The van der Waals surface area contributed by atoms with E-state index >= 15 is 4.39 Å². The number of pyridine rings is 1. The third-order valence-electron chi connectivity index (χ3n) is 8.09. The summed E-state index contributed by atoms with van der Waals surface area (Å²) in [5.74, 6) is 0.324. The number of nitrogens with one attached hydrogen (secondary N) is 3. The lowest BCUT2D eigenvalue weighted by Gasteiger charge is -2.34. The van der Waals surface area contributed by atoms with Crippen molar-refractivity contribution in [3.05, 3.63) is 46.9 Å². The maximum absolute atomic E-state index is 16.4. The smallest absolute Gasteiger partial charge is 0.407 e. The summed E-state index contributed by atoms with van der Waals surface area (Å²) in [5, 5.41) is 9.91. The van der Waals surface area contributed by atoms with Crippen molar-refractivity contribution in [2.75, 3.05) is 31.9 Å². The Morgan fingerprint density at radius 2 is 1.78 bits per heavy atom. The summed E-state index contributed by atoms with van der Waals surface area (Å²) in [6, 6.07) is 4.82. The van der Waals surface area contributed by atoms with E-state index < -0.39 is 17.5 Å². The minimum atomic E-state index is -0.639. The number of amides is 2. The van der Waals surface area contributed by atoms with Crippen LogP contribution in [0.4, 0.5) is 20.1 Å². The van der Waals surface area contributed by atoms with Gasteiger partial charge in [0.2, 0.25) is 0 Å². The molecule has 2 aliphatic rings. The molecule has 278 valence electrons. The number of carbonyl (C=O) groups is 3. The predicted octanol–water partition coefficient (Wildman–Crippen LogP) is 6.76. The van der Waals surface area contributed by atoms with E-state index in [0.29, 0.717) is 46.5 Å². The number of fused-ring (bicyclic) bond motifs is 1. The van der Waals surface area contributed by atoms with Crippen LogP contribution in [-0.4, -0.2) is 77.9 Å². The van der Waals surface area contributed by atoms with Gasteiger partial charge in [-0.05, 0) is 66.5 Å². The van der Waals surface area contributed by atoms with Crippen molar-refractivity contribution in [1.82, 2.24) is 20.2 Å². The Labute approximate surface area is 302 Å². The summed E-state index contributed by atoms with van der Waals surface area (Å²) < 4.78 is 37.2. The summed E-state index contributed by atoms with van der Waals surface area (Å²) in [6.07, 6.45) is 4.39. The molecule has 3 N–H and O–H groups in total. The molecular formula is C36H49FN6O7S. The minimum absolute atomic E-state index is 0.0396. The topological polar surface area (TPSA) is 153 Å². The van der Waals surface area contributed by atoms with Gasteiger partial charge in [-0.25, -0.2) is 19.2 Å². The molecule has 3 aromatic rings. The number of carbonyl (C=O) groups excluding carboxylic acids is 3. The second kappa shape index (κ2) is 16.6. The molecule has 0 saturated heterocycles. The fourth-order valence-corrected chi connectivity index (χ4v) is 6.52. The molecule has 2 atom stereocenters.